The number of thiazole rings is 1. The van der Waals surface area contributed by atoms with Gasteiger partial charge < -0.3 is 19.3 Å². The van der Waals surface area contributed by atoms with Gasteiger partial charge in [0.05, 0.1) is 29.1 Å². The molecule has 0 bridgehead atoms. The number of hydrogen-bond acceptors (Lipinski definition) is 8. The number of alkyl halides is 3. The van der Waals surface area contributed by atoms with Crippen molar-refractivity contribution in [2.45, 2.75) is 5.41 Å². The van der Waals surface area contributed by atoms with Crippen molar-refractivity contribution in [3.05, 3.63) is 60.5 Å². The summed E-state index contributed by atoms with van der Waals surface area (Å²) in [6, 6.07) is 13.6. The topological polar surface area (TPSA) is 106 Å². The lowest BCUT2D eigenvalue weighted by Crippen LogP contribution is -2.38. The summed E-state index contributed by atoms with van der Waals surface area (Å²) < 4.78 is 59.1. The maximum absolute atomic E-state index is 13.2. The van der Waals surface area contributed by atoms with Crippen LogP contribution in [0.5, 0.6) is 5.75 Å². The number of imidazole rings is 1. The molecule has 1 aliphatic rings. The normalized spacial score (nSPS) is 14.4. The maximum Gasteiger partial charge on any atom is 0.324 e. The molecule has 0 radical (unpaired) electrons. The van der Waals surface area contributed by atoms with Gasteiger partial charge in [-0.2, -0.15) is 0 Å². The number of anilines is 2. The number of nitrogens with zero attached hydrogens (tertiary/aromatic N) is 4. The molecule has 5 aromatic rings. The number of fused-ring (bicyclic) bond motifs is 3. The molecule has 226 valence electrons. The Kier molecular flexibility index (Phi) is 8.49. The number of urea groups is 1. The first-order valence-corrected chi connectivity index (χ1v) is 14.5. The van der Waals surface area contributed by atoms with Gasteiger partial charge in [-0.25, -0.2) is 22.9 Å². The molecular formula is C29H29F3N6O4S. The molecule has 43 heavy (non-hydrogen) atoms. The standard InChI is InChI=1S/C29H29F3N6O4S/c30-16-29(17-31,18-32)25-14-26(36-42-25)35-27(39)33-20-3-1-19(2-4-20)22-15-38-23-6-5-21(13-24(23)43-28(38)34-22)41-12-9-37-7-10-40-11-8-37/h1-6,13-15H,7-12,16-18H2,(H2,33,35,36,39). The number of amides is 2. The minimum atomic E-state index is -2.06. The van der Waals surface area contributed by atoms with Gasteiger partial charge in [0, 0.05) is 43.1 Å². The number of halogens is 3. The van der Waals surface area contributed by atoms with E-state index in [9.17, 15) is 18.0 Å². The Bertz CT molecular complexity index is 1690. The van der Waals surface area contributed by atoms with E-state index in [0.29, 0.717) is 12.3 Å². The minimum Gasteiger partial charge on any atom is -0.492 e. The van der Waals surface area contributed by atoms with Crippen molar-refractivity contribution < 1.29 is 32.0 Å². The highest BCUT2D eigenvalue weighted by atomic mass is 32.1. The number of morpholine rings is 1. The Balaban J connectivity index is 1.07. The van der Waals surface area contributed by atoms with E-state index in [4.69, 9.17) is 19.0 Å². The van der Waals surface area contributed by atoms with Crippen molar-refractivity contribution in [2.75, 3.05) is 70.1 Å². The van der Waals surface area contributed by atoms with E-state index in [1.807, 2.05) is 40.9 Å². The third-order valence-electron chi connectivity index (χ3n) is 7.33. The number of rotatable bonds is 11. The van der Waals surface area contributed by atoms with Gasteiger partial charge in [-0.15, -0.1) is 0 Å². The molecule has 0 atom stereocenters. The smallest absolute Gasteiger partial charge is 0.324 e. The van der Waals surface area contributed by atoms with Crippen LogP contribution in [-0.2, 0) is 10.2 Å². The Morgan fingerprint density at radius 1 is 1.02 bits per heavy atom. The Labute approximate surface area is 248 Å². The van der Waals surface area contributed by atoms with Crippen molar-refractivity contribution in [3.8, 4) is 17.0 Å². The molecule has 0 unspecified atom stereocenters. The van der Waals surface area contributed by atoms with Gasteiger partial charge in [0.2, 0.25) is 0 Å². The molecule has 0 spiro atoms. The second kappa shape index (κ2) is 12.6. The maximum atomic E-state index is 13.2. The van der Waals surface area contributed by atoms with Crippen LogP contribution in [0.25, 0.3) is 26.4 Å². The van der Waals surface area contributed by atoms with Crippen molar-refractivity contribution in [2.24, 2.45) is 0 Å². The predicted octanol–water partition coefficient (Wildman–Crippen LogP) is 5.71. The van der Waals surface area contributed by atoms with E-state index < -0.39 is 31.5 Å². The van der Waals surface area contributed by atoms with Crippen LogP contribution in [0.4, 0.5) is 29.5 Å². The van der Waals surface area contributed by atoms with Gasteiger partial charge in [0.15, 0.2) is 16.5 Å². The summed E-state index contributed by atoms with van der Waals surface area (Å²) in [4.78, 5) is 20.4. The lowest BCUT2D eigenvalue weighted by atomic mass is 9.90. The van der Waals surface area contributed by atoms with Gasteiger partial charge in [0.25, 0.3) is 0 Å². The van der Waals surface area contributed by atoms with Gasteiger partial charge in [-0.3, -0.25) is 14.6 Å². The summed E-state index contributed by atoms with van der Waals surface area (Å²) in [5.41, 5.74) is 1.10. The van der Waals surface area contributed by atoms with E-state index >= 15 is 0 Å². The molecule has 2 N–H and O–H groups in total. The van der Waals surface area contributed by atoms with Crippen molar-refractivity contribution in [1.29, 1.82) is 0 Å². The number of aromatic nitrogens is 3. The molecule has 0 aliphatic carbocycles. The monoisotopic (exact) mass is 614 g/mol. The number of carbonyl (C=O) groups excluding carboxylic acids is 1. The Morgan fingerprint density at radius 3 is 2.53 bits per heavy atom. The van der Waals surface area contributed by atoms with E-state index in [2.05, 4.69) is 20.7 Å². The van der Waals surface area contributed by atoms with Crippen LogP contribution in [0.1, 0.15) is 5.76 Å². The first-order chi connectivity index (χ1) is 21.0. The third-order valence-corrected chi connectivity index (χ3v) is 8.34. The molecule has 3 aromatic heterocycles. The lowest BCUT2D eigenvalue weighted by Gasteiger charge is -2.26. The fourth-order valence-corrected chi connectivity index (χ4v) is 5.76. The molecule has 6 rings (SSSR count). The Hall–Kier alpha value is -4.14. The minimum absolute atomic E-state index is 0.0965. The molecule has 1 aliphatic heterocycles. The molecule has 1 fully saturated rings. The molecule has 14 heteroatoms. The molecule has 1 saturated heterocycles. The second-order valence-corrected chi connectivity index (χ2v) is 11.2. The van der Waals surface area contributed by atoms with Crippen LogP contribution in [0.3, 0.4) is 0 Å². The molecule has 2 amide bonds. The van der Waals surface area contributed by atoms with Gasteiger partial charge in [-0.1, -0.05) is 28.6 Å². The highest BCUT2D eigenvalue weighted by Gasteiger charge is 2.38. The van der Waals surface area contributed by atoms with Crippen LogP contribution >= 0.6 is 11.3 Å². The van der Waals surface area contributed by atoms with E-state index in [0.717, 1.165) is 71.1 Å². The second-order valence-electron chi connectivity index (χ2n) is 10.2. The van der Waals surface area contributed by atoms with Crippen LogP contribution < -0.4 is 15.4 Å². The van der Waals surface area contributed by atoms with Crippen LogP contribution in [0.15, 0.2) is 59.3 Å². The summed E-state index contributed by atoms with van der Waals surface area (Å²) in [6.45, 7) is 0.987. The summed E-state index contributed by atoms with van der Waals surface area (Å²) >= 11 is 1.58. The van der Waals surface area contributed by atoms with Crippen LogP contribution in [0.2, 0.25) is 0 Å². The first kappa shape index (κ1) is 29.0. The zero-order valence-corrected chi connectivity index (χ0v) is 23.8. The SMILES string of the molecule is O=C(Nc1ccc(-c2cn3c(n2)sc2cc(OCCN4CCOCC4)ccc23)cc1)Nc1cc(C(CF)(CF)CF)on1. The van der Waals surface area contributed by atoms with Gasteiger partial charge in [-0.05, 0) is 30.3 Å². The fourth-order valence-electron chi connectivity index (χ4n) is 4.72. The zero-order chi connectivity index (χ0) is 29.8. The lowest BCUT2D eigenvalue weighted by molar-refractivity contribution is 0.0322. The molecule has 0 saturated carbocycles. The van der Waals surface area contributed by atoms with Gasteiger partial charge in [0.1, 0.15) is 37.8 Å². The molecule has 4 heterocycles. The van der Waals surface area contributed by atoms with Crippen molar-refractivity contribution >= 4 is 44.1 Å². The summed E-state index contributed by atoms with van der Waals surface area (Å²) in [7, 11) is 0. The Morgan fingerprint density at radius 2 is 1.79 bits per heavy atom. The zero-order valence-electron chi connectivity index (χ0n) is 23.0. The van der Waals surface area contributed by atoms with E-state index in [-0.39, 0.29) is 11.6 Å². The quantitative estimate of drug-likeness (QED) is 0.197. The van der Waals surface area contributed by atoms with Gasteiger partial charge >= 0.3 is 6.03 Å². The average molecular weight is 615 g/mol. The average Bonchev–Trinajstić information content (AvgIpc) is 3.75. The van der Waals surface area contributed by atoms with Crippen LogP contribution in [-0.4, -0.2) is 85.0 Å². The highest BCUT2D eigenvalue weighted by Crippen LogP contribution is 2.32. The molecule has 2 aromatic carbocycles. The first-order valence-electron chi connectivity index (χ1n) is 13.7. The number of ether oxygens (including phenoxy) is 2. The summed E-state index contributed by atoms with van der Waals surface area (Å²) in [5.74, 6) is 0.412. The third kappa shape index (κ3) is 6.17. The molecule has 10 nitrogen and oxygen atoms in total. The van der Waals surface area contributed by atoms with E-state index in [1.165, 1.54) is 0 Å². The highest BCUT2D eigenvalue weighted by molar-refractivity contribution is 7.23. The van der Waals surface area contributed by atoms with E-state index in [1.54, 1.807) is 23.5 Å². The van der Waals surface area contributed by atoms with Crippen molar-refractivity contribution in [1.82, 2.24) is 19.4 Å². The number of carbonyl (C=O) groups is 1. The largest absolute Gasteiger partial charge is 0.492 e. The van der Waals surface area contributed by atoms with Crippen LogP contribution in [0, 0.1) is 0 Å². The van der Waals surface area contributed by atoms with Crippen molar-refractivity contribution in [3.63, 3.8) is 0 Å². The summed E-state index contributed by atoms with van der Waals surface area (Å²) in [5, 5.41) is 8.62. The summed E-state index contributed by atoms with van der Waals surface area (Å²) in [6.07, 6.45) is 1.97. The predicted molar refractivity (Wildman–Crippen MR) is 158 cm³/mol. The number of nitrogens with one attached hydrogen (secondary N) is 2. The number of hydrogen-bond donors (Lipinski definition) is 2. The fraction of sp³-hybridized carbons (Fsp3) is 0.345. The molecular weight excluding hydrogens is 585 g/mol. The number of benzene rings is 2.